The predicted octanol–water partition coefficient (Wildman–Crippen LogP) is 3.61. The van der Waals surface area contributed by atoms with Gasteiger partial charge in [0.25, 0.3) is 5.91 Å². The number of nitrogens with zero attached hydrogens (tertiary/aromatic N) is 1. The average Bonchev–Trinajstić information content (AvgIpc) is 3.13. The third-order valence-corrected chi connectivity index (χ3v) is 7.85. The molecule has 1 aliphatic carbocycles. The maximum Gasteiger partial charge on any atom is 0.341 e. The normalized spacial score (nSPS) is 14.2. The summed E-state index contributed by atoms with van der Waals surface area (Å²) in [6, 6.07) is 6.47. The van der Waals surface area contributed by atoms with Crippen LogP contribution in [0.3, 0.4) is 0 Å². The van der Waals surface area contributed by atoms with Crippen LogP contribution >= 0.6 is 11.3 Å². The van der Waals surface area contributed by atoms with Crippen molar-refractivity contribution in [3.05, 3.63) is 40.3 Å². The average molecular weight is 481 g/mol. The van der Waals surface area contributed by atoms with Crippen LogP contribution in [0.1, 0.15) is 47.0 Å². The quantitative estimate of drug-likeness (QED) is 0.579. The fraction of sp³-hybridized carbons (Fsp3) is 0.455. The van der Waals surface area contributed by atoms with Crippen LogP contribution in [0.15, 0.2) is 24.3 Å². The van der Waals surface area contributed by atoms with Gasteiger partial charge in [-0.25, -0.2) is 13.2 Å². The van der Waals surface area contributed by atoms with Gasteiger partial charge in [0.05, 0.1) is 24.6 Å². The van der Waals surface area contributed by atoms with Gasteiger partial charge in [-0.2, -0.15) is 0 Å². The smallest absolute Gasteiger partial charge is 0.341 e. The van der Waals surface area contributed by atoms with Gasteiger partial charge >= 0.3 is 5.97 Å². The molecule has 0 saturated carbocycles. The van der Waals surface area contributed by atoms with Crippen molar-refractivity contribution in [2.75, 3.05) is 30.0 Å². The molecule has 32 heavy (non-hydrogen) atoms. The molecule has 0 bridgehead atoms. The van der Waals surface area contributed by atoms with Crippen LogP contribution in [-0.4, -0.2) is 46.8 Å². The van der Waals surface area contributed by atoms with E-state index >= 15 is 0 Å². The maximum absolute atomic E-state index is 13.0. The lowest BCUT2D eigenvalue weighted by atomic mass is 9.95. The van der Waals surface area contributed by atoms with Crippen molar-refractivity contribution in [2.45, 2.75) is 45.1 Å². The molecule has 1 amide bonds. The Hall–Kier alpha value is -2.59. The molecule has 10 heteroatoms. The Morgan fingerprint density at radius 3 is 2.44 bits per heavy atom. The number of amides is 1. The van der Waals surface area contributed by atoms with E-state index < -0.39 is 22.1 Å². The van der Waals surface area contributed by atoms with Crippen LogP contribution in [0.4, 0.5) is 10.7 Å². The zero-order valence-corrected chi connectivity index (χ0v) is 20.3. The number of carbonyl (C=O) groups excluding carboxylic acids is 2. The second-order valence-electron chi connectivity index (χ2n) is 7.63. The number of esters is 1. The number of nitrogens with one attached hydrogen (secondary N) is 1. The second kappa shape index (κ2) is 9.91. The topological polar surface area (TPSA) is 102 Å². The highest BCUT2D eigenvalue weighted by Crippen LogP contribution is 2.38. The number of ether oxygens (including phenoxy) is 2. The zero-order valence-electron chi connectivity index (χ0n) is 18.6. The summed E-state index contributed by atoms with van der Waals surface area (Å²) in [6.07, 6.45) is 4.52. The first-order valence-electron chi connectivity index (χ1n) is 10.4. The molecule has 0 unspecified atom stereocenters. The van der Waals surface area contributed by atoms with Crippen molar-refractivity contribution >= 4 is 43.9 Å². The van der Waals surface area contributed by atoms with Gasteiger partial charge < -0.3 is 14.8 Å². The first kappa shape index (κ1) is 24.1. The summed E-state index contributed by atoms with van der Waals surface area (Å²) in [6.45, 7) is 1.83. The number of sulfonamides is 1. The van der Waals surface area contributed by atoms with Gasteiger partial charge in [-0.3, -0.25) is 9.10 Å². The largest absolute Gasteiger partial charge is 0.481 e. The van der Waals surface area contributed by atoms with Crippen molar-refractivity contribution in [1.82, 2.24) is 0 Å². The Balaban J connectivity index is 1.76. The van der Waals surface area contributed by atoms with E-state index in [9.17, 15) is 18.0 Å². The summed E-state index contributed by atoms with van der Waals surface area (Å²) in [5.74, 6) is -0.357. The Morgan fingerprint density at radius 1 is 1.19 bits per heavy atom. The summed E-state index contributed by atoms with van der Waals surface area (Å²) in [5.41, 5.74) is 1.91. The fourth-order valence-electron chi connectivity index (χ4n) is 3.58. The first-order chi connectivity index (χ1) is 15.2. The minimum Gasteiger partial charge on any atom is -0.481 e. The highest BCUT2D eigenvalue weighted by Gasteiger charge is 2.29. The third-order valence-electron chi connectivity index (χ3n) is 5.44. The molecular weight excluding hydrogens is 452 g/mol. The minimum absolute atomic E-state index is 0.353. The maximum atomic E-state index is 13.0. The van der Waals surface area contributed by atoms with Gasteiger partial charge in [-0.05, 0) is 61.9 Å². The number of carbonyl (C=O) groups is 2. The number of methoxy groups -OCH3 is 1. The number of rotatable bonds is 8. The van der Waals surface area contributed by atoms with Crippen molar-refractivity contribution < 1.29 is 27.5 Å². The Kier molecular flexibility index (Phi) is 7.45. The highest BCUT2D eigenvalue weighted by atomic mass is 32.2. The molecule has 0 aliphatic heterocycles. The Labute approximate surface area is 192 Å². The van der Waals surface area contributed by atoms with Gasteiger partial charge in [0, 0.05) is 11.9 Å². The fourth-order valence-corrected chi connectivity index (χ4v) is 5.36. The summed E-state index contributed by atoms with van der Waals surface area (Å²) in [5, 5.41) is 3.37. The molecule has 174 valence electrons. The van der Waals surface area contributed by atoms with Crippen molar-refractivity contribution in [3.63, 3.8) is 0 Å². The van der Waals surface area contributed by atoms with Crippen molar-refractivity contribution in [1.29, 1.82) is 0 Å². The molecule has 1 aliphatic rings. The second-order valence-corrected chi connectivity index (χ2v) is 10.8. The van der Waals surface area contributed by atoms with Crippen LogP contribution in [0.2, 0.25) is 0 Å². The van der Waals surface area contributed by atoms with E-state index in [1.54, 1.807) is 24.3 Å². The van der Waals surface area contributed by atoms with Crippen LogP contribution in [0.25, 0.3) is 0 Å². The molecule has 2 aromatic rings. The Morgan fingerprint density at radius 2 is 1.84 bits per heavy atom. The number of anilines is 2. The van der Waals surface area contributed by atoms with E-state index in [-0.39, 0.29) is 5.91 Å². The first-order valence-corrected chi connectivity index (χ1v) is 13.1. The van der Waals surface area contributed by atoms with Gasteiger partial charge in [-0.15, -0.1) is 11.3 Å². The molecule has 1 aromatic heterocycles. The van der Waals surface area contributed by atoms with E-state index in [0.717, 1.165) is 46.7 Å². The van der Waals surface area contributed by atoms with E-state index in [2.05, 4.69) is 5.32 Å². The van der Waals surface area contributed by atoms with E-state index in [4.69, 9.17) is 9.47 Å². The van der Waals surface area contributed by atoms with E-state index in [1.807, 2.05) is 6.92 Å². The molecule has 8 nitrogen and oxygen atoms in total. The lowest BCUT2D eigenvalue weighted by Crippen LogP contribution is -2.32. The third kappa shape index (κ3) is 5.24. The number of thiophene rings is 1. The molecular formula is C22H28N2O6S2. The number of aryl methyl sites for hydroxylation is 1. The monoisotopic (exact) mass is 480 g/mol. The number of hydrogen-bond acceptors (Lipinski definition) is 7. The highest BCUT2D eigenvalue weighted by molar-refractivity contribution is 7.92. The van der Waals surface area contributed by atoms with Crippen molar-refractivity contribution in [3.8, 4) is 5.75 Å². The van der Waals surface area contributed by atoms with Gasteiger partial charge in [-0.1, -0.05) is 6.92 Å². The minimum atomic E-state index is -3.37. The molecule has 1 atom stereocenters. The number of hydrogen-bond donors (Lipinski definition) is 1. The summed E-state index contributed by atoms with van der Waals surface area (Å²) < 4.78 is 35.3. The van der Waals surface area contributed by atoms with Gasteiger partial charge in [0.1, 0.15) is 10.8 Å². The molecule has 1 heterocycles. The SMILES string of the molecule is CC[C@H](Oc1ccc(N(C)S(C)(=O)=O)cc1)C(=O)Nc1sc2c(c1C(=O)OC)CCCC2. The van der Waals surface area contributed by atoms with Gasteiger partial charge in [0.15, 0.2) is 6.10 Å². The molecule has 0 spiro atoms. The summed E-state index contributed by atoms with van der Waals surface area (Å²) >= 11 is 1.42. The molecule has 1 aromatic carbocycles. The van der Waals surface area contributed by atoms with E-state index in [1.165, 1.54) is 25.5 Å². The predicted molar refractivity (Wildman–Crippen MR) is 125 cm³/mol. The number of benzene rings is 1. The zero-order chi connectivity index (χ0) is 23.5. The lowest BCUT2D eigenvalue weighted by Gasteiger charge is -2.19. The molecule has 0 radical (unpaired) electrons. The summed E-state index contributed by atoms with van der Waals surface area (Å²) in [4.78, 5) is 26.5. The molecule has 0 fully saturated rings. The lowest BCUT2D eigenvalue weighted by molar-refractivity contribution is -0.122. The van der Waals surface area contributed by atoms with Crippen LogP contribution < -0.4 is 14.4 Å². The van der Waals surface area contributed by atoms with Crippen LogP contribution in [-0.2, 0) is 32.4 Å². The number of fused-ring (bicyclic) bond motifs is 1. The molecule has 0 saturated heterocycles. The van der Waals surface area contributed by atoms with Gasteiger partial charge in [0.2, 0.25) is 10.0 Å². The molecule has 1 N–H and O–H groups in total. The van der Waals surface area contributed by atoms with E-state index in [0.29, 0.717) is 28.4 Å². The molecule has 3 rings (SSSR count). The van der Waals surface area contributed by atoms with Crippen LogP contribution in [0.5, 0.6) is 5.75 Å². The van der Waals surface area contributed by atoms with Crippen molar-refractivity contribution in [2.24, 2.45) is 0 Å². The van der Waals surface area contributed by atoms with Crippen LogP contribution in [0, 0.1) is 0 Å². The standard InChI is InChI=1S/C22H28N2O6S2/c1-5-17(30-15-12-10-14(11-13-15)24(2)32(4,27)28)20(25)23-21-19(22(26)29-3)16-8-6-7-9-18(16)31-21/h10-13,17H,5-9H2,1-4H3,(H,23,25)/t17-/m0/s1. The Bertz CT molecular complexity index is 1090. The summed E-state index contributed by atoms with van der Waals surface area (Å²) in [7, 11) is -0.565.